The van der Waals surface area contributed by atoms with Crippen molar-refractivity contribution in [2.45, 2.75) is 32.6 Å². The molecule has 4 rings (SSSR count). The van der Waals surface area contributed by atoms with Gasteiger partial charge in [0, 0.05) is 41.3 Å². The second-order valence-corrected chi connectivity index (χ2v) is 7.40. The minimum atomic E-state index is -0.182. The van der Waals surface area contributed by atoms with Gasteiger partial charge in [0.15, 0.2) is 0 Å². The fourth-order valence-electron chi connectivity index (χ4n) is 3.59. The summed E-state index contributed by atoms with van der Waals surface area (Å²) in [6, 6.07) is 16.8. The molecule has 2 amide bonds. The second-order valence-electron chi connectivity index (χ2n) is 7.40. The fourth-order valence-corrected chi connectivity index (χ4v) is 3.59. The summed E-state index contributed by atoms with van der Waals surface area (Å²) in [7, 11) is 0. The highest BCUT2D eigenvalue weighted by Gasteiger charge is 2.27. The molecule has 1 saturated carbocycles. The average molecular weight is 387 g/mol. The molecule has 1 aliphatic rings. The van der Waals surface area contributed by atoms with E-state index in [1.54, 1.807) is 23.1 Å². The van der Waals surface area contributed by atoms with E-state index in [-0.39, 0.29) is 11.8 Å². The molecule has 0 bridgehead atoms. The number of pyridine rings is 1. The van der Waals surface area contributed by atoms with Crippen molar-refractivity contribution in [3.8, 4) is 0 Å². The zero-order valence-electron chi connectivity index (χ0n) is 16.8. The van der Waals surface area contributed by atoms with E-state index < -0.39 is 0 Å². The molecule has 3 aromatic rings. The van der Waals surface area contributed by atoms with Gasteiger partial charge in [0.1, 0.15) is 0 Å². The van der Waals surface area contributed by atoms with Crippen LogP contribution in [-0.4, -0.2) is 34.8 Å². The van der Waals surface area contributed by atoms with Crippen molar-refractivity contribution in [2.75, 3.05) is 18.4 Å². The van der Waals surface area contributed by atoms with Gasteiger partial charge < -0.3 is 10.2 Å². The van der Waals surface area contributed by atoms with Crippen molar-refractivity contribution < 1.29 is 9.59 Å². The molecule has 1 aromatic heterocycles. The number of aromatic nitrogens is 1. The van der Waals surface area contributed by atoms with E-state index >= 15 is 0 Å². The third-order valence-corrected chi connectivity index (χ3v) is 5.39. The number of nitrogens with one attached hydrogen (secondary N) is 1. The summed E-state index contributed by atoms with van der Waals surface area (Å²) in [4.78, 5) is 32.2. The summed E-state index contributed by atoms with van der Waals surface area (Å²) in [6.07, 6.45) is 2.25. The van der Waals surface area contributed by atoms with E-state index in [1.165, 1.54) is 0 Å². The summed E-state index contributed by atoms with van der Waals surface area (Å²) < 4.78 is 0. The first-order chi connectivity index (χ1) is 14.1. The largest absolute Gasteiger partial charge is 0.339 e. The minimum Gasteiger partial charge on any atom is -0.339 e. The lowest BCUT2D eigenvalue weighted by Crippen LogP contribution is -2.30. The van der Waals surface area contributed by atoms with Gasteiger partial charge in [-0.25, -0.2) is 0 Å². The predicted molar refractivity (Wildman–Crippen MR) is 115 cm³/mol. The Bertz CT molecular complexity index is 1070. The molecule has 1 heterocycles. The van der Waals surface area contributed by atoms with Gasteiger partial charge in [-0.1, -0.05) is 24.3 Å². The van der Waals surface area contributed by atoms with Crippen LogP contribution in [0.25, 0.3) is 10.9 Å². The molecule has 0 atom stereocenters. The Labute approximate surface area is 170 Å². The maximum atomic E-state index is 13.1. The lowest BCUT2D eigenvalue weighted by atomic mass is 10.0. The highest BCUT2D eigenvalue weighted by molar-refractivity contribution is 6.12. The summed E-state index contributed by atoms with van der Waals surface area (Å²) >= 11 is 0. The molecule has 0 aliphatic heterocycles. The molecule has 0 unspecified atom stereocenters. The van der Waals surface area contributed by atoms with Gasteiger partial charge in [-0.3, -0.25) is 14.6 Å². The molecule has 5 heteroatoms. The lowest BCUT2D eigenvalue weighted by molar-refractivity contribution is 0.0772. The maximum absolute atomic E-state index is 13.1. The zero-order chi connectivity index (χ0) is 20.4. The zero-order valence-corrected chi connectivity index (χ0v) is 16.8. The van der Waals surface area contributed by atoms with Crippen LogP contribution < -0.4 is 5.32 Å². The molecule has 0 saturated heterocycles. The maximum Gasteiger partial charge on any atom is 0.256 e. The van der Waals surface area contributed by atoms with Crippen molar-refractivity contribution in [3.63, 3.8) is 0 Å². The normalized spacial score (nSPS) is 13.3. The van der Waals surface area contributed by atoms with Crippen molar-refractivity contribution >= 4 is 28.4 Å². The number of carbonyl (C=O) groups is 2. The first-order valence-electron chi connectivity index (χ1n) is 10.2. The third kappa shape index (κ3) is 3.99. The lowest BCUT2D eigenvalue weighted by Gasteiger charge is -2.19. The molecule has 1 aliphatic carbocycles. The smallest absolute Gasteiger partial charge is 0.256 e. The average Bonchev–Trinajstić information content (AvgIpc) is 3.59. The summed E-state index contributed by atoms with van der Waals surface area (Å²) in [5, 5.41) is 3.81. The molecule has 2 aromatic carbocycles. The molecule has 148 valence electrons. The Balaban J connectivity index is 1.63. The summed E-state index contributed by atoms with van der Waals surface area (Å²) in [5.74, 6) is 0.246. The van der Waals surface area contributed by atoms with Crippen LogP contribution in [0.4, 0.5) is 5.69 Å². The van der Waals surface area contributed by atoms with Crippen LogP contribution in [0.15, 0.2) is 54.6 Å². The number of hydrogen-bond donors (Lipinski definition) is 1. The van der Waals surface area contributed by atoms with Crippen molar-refractivity contribution in [3.05, 3.63) is 71.4 Å². The molecule has 1 N–H and O–H groups in total. The molecule has 0 spiro atoms. The van der Waals surface area contributed by atoms with Crippen LogP contribution in [0.2, 0.25) is 0 Å². The Morgan fingerprint density at radius 2 is 1.79 bits per heavy atom. The van der Waals surface area contributed by atoms with E-state index in [9.17, 15) is 9.59 Å². The van der Waals surface area contributed by atoms with Crippen LogP contribution in [0.5, 0.6) is 0 Å². The highest BCUT2D eigenvalue weighted by Crippen LogP contribution is 2.40. The number of carbonyl (C=O) groups excluding carboxylic acids is 2. The first kappa shape index (κ1) is 19.1. The van der Waals surface area contributed by atoms with Crippen LogP contribution >= 0.6 is 0 Å². The van der Waals surface area contributed by atoms with Crippen LogP contribution in [0.3, 0.4) is 0 Å². The van der Waals surface area contributed by atoms with Gasteiger partial charge in [-0.05, 0) is 57.0 Å². The highest BCUT2D eigenvalue weighted by atomic mass is 16.2. The Morgan fingerprint density at radius 1 is 1.03 bits per heavy atom. The van der Waals surface area contributed by atoms with Gasteiger partial charge >= 0.3 is 0 Å². The number of fused-ring (bicyclic) bond motifs is 1. The number of anilines is 1. The number of hydrogen-bond acceptors (Lipinski definition) is 3. The Hall–Kier alpha value is -3.21. The van der Waals surface area contributed by atoms with Gasteiger partial charge in [0.25, 0.3) is 11.8 Å². The topological polar surface area (TPSA) is 62.3 Å². The van der Waals surface area contributed by atoms with Crippen molar-refractivity contribution in [2.24, 2.45) is 0 Å². The molecule has 1 fully saturated rings. The standard InChI is InChI=1S/C24H25N3O2/c1-3-27(4-2)24(29)17-8-7-9-18(14-17)25-23(28)20-15-22(16-12-13-16)26-21-11-6-5-10-19(20)21/h5-11,14-16H,3-4,12-13H2,1-2H3,(H,25,28). The molecule has 29 heavy (non-hydrogen) atoms. The number of nitrogens with zero attached hydrogens (tertiary/aromatic N) is 2. The SMILES string of the molecule is CCN(CC)C(=O)c1cccc(NC(=O)c2cc(C3CC3)nc3ccccc23)c1. The van der Waals surface area contributed by atoms with E-state index in [0.717, 1.165) is 29.4 Å². The molecular formula is C24H25N3O2. The number of rotatable bonds is 6. The summed E-state index contributed by atoms with van der Waals surface area (Å²) in [6.45, 7) is 5.22. The Morgan fingerprint density at radius 3 is 2.52 bits per heavy atom. The van der Waals surface area contributed by atoms with Gasteiger partial charge in [0.2, 0.25) is 0 Å². The molecule has 0 radical (unpaired) electrons. The van der Waals surface area contributed by atoms with E-state index in [1.807, 2.05) is 50.2 Å². The molecule has 5 nitrogen and oxygen atoms in total. The van der Waals surface area contributed by atoms with Crippen molar-refractivity contribution in [1.82, 2.24) is 9.88 Å². The monoisotopic (exact) mass is 387 g/mol. The number of benzene rings is 2. The predicted octanol–water partition coefficient (Wildman–Crippen LogP) is 4.85. The minimum absolute atomic E-state index is 0.0310. The van der Waals surface area contributed by atoms with Crippen LogP contribution in [0.1, 0.15) is 59.0 Å². The fraction of sp³-hybridized carbons (Fsp3) is 0.292. The third-order valence-electron chi connectivity index (χ3n) is 5.39. The van der Waals surface area contributed by atoms with E-state index in [2.05, 4.69) is 5.32 Å². The van der Waals surface area contributed by atoms with Gasteiger partial charge in [-0.2, -0.15) is 0 Å². The van der Waals surface area contributed by atoms with E-state index in [0.29, 0.717) is 35.8 Å². The molecular weight excluding hydrogens is 362 g/mol. The number of para-hydroxylation sites is 1. The van der Waals surface area contributed by atoms with E-state index in [4.69, 9.17) is 4.98 Å². The van der Waals surface area contributed by atoms with Gasteiger partial charge in [-0.15, -0.1) is 0 Å². The summed E-state index contributed by atoms with van der Waals surface area (Å²) in [5.41, 5.74) is 3.64. The number of amides is 2. The van der Waals surface area contributed by atoms with Crippen molar-refractivity contribution in [1.29, 1.82) is 0 Å². The van der Waals surface area contributed by atoms with Gasteiger partial charge in [0.05, 0.1) is 11.1 Å². The first-order valence-corrected chi connectivity index (χ1v) is 10.2. The quantitative estimate of drug-likeness (QED) is 0.658. The van der Waals surface area contributed by atoms with Crippen LogP contribution in [0, 0.1) is 0 Å². The van der Waals surface area contributed by atoms with Crippen LogP contribution in [-0.2, 0) is 0 Å². The second kappa shape index (κ2) is 8.03. The Kier molecular flexibility index (Phi) is 5.30.